The molecule has 0 aromatic carbocycles. The molecule has 23 heavy (non-hydrogen) atoms. The number of rotatable bonds is 4. The molecule has 0 aliphatic rings. The third kappa shape index (κ3) is 58.4. The zero-order chi connectivity index (χ0) is 10.9. The predicted octanol–water partition coefficient (Wildman–Crippen LogP) is -23.0. The van der Waals surface area contributed by atoms with Crippen molar-refractivity contribution in [2.75, 3.05) is 0 Å². The summed E-state index contributed by atoms with van der Waals surface area (Å²) >= 11 is 0. The maximum Gasteiger partial charge on any atom is 1.00 e. The van der Waals surface area contributed by atoms with Crippen LogP contribution in [0.15, 0.2) is 0 Å². The van der Waals surface area contributed by atoms with E-state index in [1.165, 1.54) is 0 Å². The van der Waals surface area contributed by atoms with Crippen LogP contribution in [0.25, 0.3) is 0 Å². The average Bonchev–Trinajstić information content (AvgIpc) is 1.43. The Labute approximate surface area is 241 Å². The van der Waals surface area contributed by atoms with E-state index in [2.05, 4.69) is 8.62 Å². The van der Waals surface area contributed by atoms with Crippen LogP contribution in [0.4, 0.5) is 0 Å². The summed E-state index contributed by atoms with van der Waals surface area (Å²) in [5, 5.41) is 0. The maximum absolute atomic E-state index is 10.1. The molecule has 0 atom stereocenters. The smallest absolute Gasteiger partial charge is 0.790 e. The molecule has 0 saturated heterocycles. The van der Waals surface area contributed by atoms with Crippen LogP contribution in [0.3, 0.4) is 0 Å². The first-order chi connectivity index (χ1) is 5.41. The van der Waals surface area contributed by atoms with Gasteiger partial charge in [-0.15, -0.1) is 0 Å². The van der Waals surface area contributed by atoms with Crippen molar-refractivity contribution >= 4 is 23.5 Å². The van der Waals surface area contributed by atoms with Gasteiger partial charge < -0.3 is 61.0 Å². The second-order valence-corrected chi connectivity index (χ2v) is 5.49. The Hall–Kier alpha value is 5.21. The van der Waals surface area contributed by atoms with E-state index in [4.69, 9.17) is 0 Å². The molecule has 0 heterocycles. The Morgan fingerprint density at radius 3 is 0.696 bits per heavy atom. The molecule has 0 spiro atoms. The third-order valence-corrected chi connectivity index (χ3v) is 3.60. The Kier molecular flexibility index (Phi) is 90.2. The minimum atomic E-state index is -5.97. The van der Waals surface area contributed by atoms with Gasteiger partial charge in [0.05, 0.1) is 15.6 Å². The fraction of sp³-hybridized carbons (Fsp3) is 0. The van der Waals surface area contributed by atoms with Crippen molar-refractivity contribution in [1.29, 1.82) is 0 Å². The zero-order valence-electron chi connectivity index (χ0n) is 12.9. The summed E-state index contributed by atoms with van der Waals surface area (Å²) < 4.78 is 34.7. The van der Waals surface area contributed by atoms with Crippen molar-refractivity contribution in [2.24, 2.45) is 0 Å². The predicted molar refractivity (Wildman–Crippen MR) is 43.1 cm³/mol. The SMILES string of the molecule is O.O.O.O.O.O=P([O-])([O-])OP(=O)([O-])OP(=O)([O-])[O-].[Na+].[Na+].[Na+].[Na+].[Na+]. The van der Waals surface area contributed by atoms with E-state index >= 15 is 0 Å². The van der Waals surface area contributed by atoms with E-state index in [1.807, 2.05) is 0 Å². The molecule has 0 aromatic heterocycles. The van der Waals surface area contributed by atoms with E-state index in [-0.39, 0.29) is 175 Å². The van der Waals surface area contributed by atoms with Gasteiger partial charge in [0.25, 0.3) is 7.82 Å². The largest absolute Gasteiger partial charge is 1.00 e. The molecule has 120 valence electrons. The molecule has 0 amide bonds. The molecule has 10 N–H and O–H groups in total. The van der Waals surface area contributed by atoms with E-state index < -0.39 is 23.5 Å². The van der Waals surface area contributed by atoms with Gasteiger partial charge in [0.1, 0.15) is 0 Å². The van der Waals surface area contributed by atoms with Crippen molar-refractivity contribution < 1.29 is 222 Å². The molecule has 0 aromatic rings. The summed E-state index contributed by atoms with van der Waals surface area (Å²) in [6, 6.07) is 0. The molecular formula is H10Na5O15P3. The molecule has 0 aliphatic carbocycles. The quantitative estimate of drug-likeness (QED) is 0.283. The summed E-state index contributed by atoms with van der Waals surface area (Å²) in [6.07, 6.45) is 0. The van der Waals surface area contributed by atoms with Gasteiger partial charge in [-0.25, -0.2) is 0 Å². The maximum atomic E-state index is 10.1. The van der Waals surface area contributed by atoms with Crippen LogP contribution in [0.2, 0.25) is 0 Å². The van der Waals surface area contributed by atoms with Gasteiger partial charge in [-0.2, -0.15) is 0 Å². The molecule has 0 bridgehead atoms. The molecule has 0 saturated carbocycles. The first-order valence-corrected chi connectivity index (χ1v) is 6.57. The molecule has 0 aliphatic heterocycles. The Morgan fingerprint density at radius 2 is 0.609 bits per heavy atom. The number of hydrogen-bond acceptors (Lipinski definition) is 10. The first kappa shape index (κ1) is 70.5. The normalized spacial score (nSPS) is 8.22. The Bertz CT molecular complexity index is 291. The van der Waals surface area contributed by atoms with Crippen molar-refractivity contribution in [3.63, 3.8) is 0 Å². The summed E-state index contributed by atoms with van der Waals surface area (Å²) in [7, 11) is -17.9. The third-order valence-electron chi connectivity index (χ3n) is 0.400. The summed E-state index contributed by atoms with van der Waals surface area (Å²) in [4.78, 5) is 48.6. The van der Waals surface area contributed by atoms with Crippen molar-refractivity contribution in [2.45, 2.75) is 0 Å². The molecule has 15 nitrogen and oxygen atoms in total. The minimum absolute atomic E-state index is 0. The molecule has 0 fully saturated rings. The fourth-order valence-corrected chi connectivity index (χ4v) is 2.61. The molecule has 0 radical (unpaired) electrons. The van der Waals surface area contributed by atoms with Crippen molar-refractivity contribution in [3.05, 3.63) is 0 Å². The van der Waals surface area contributed by atoms with Gasteiger partial charge in [-0.3, -0.25) is 13.2 Å². The van der Waals surface area contributed by atoms with Gasteiger partial charge in [0.2, 0.25) is 0 Å². The Morgan fingerprint density at radius 1 is 0.478 bits per heavy atom. The van der Waals surface area contributed by atoms with Gasteiger partial charge in [-0.05, 0) is 0 Å². The topological polar surface area (TPSA) is 342 Å². The van der Waals surface area contributed by atoms with Crippen LogP contribution < -0.4 is 172 Å². The molecule has 0 unspecified atom stereocenters. The van der Waals surface area contributed by atoms with Crippen LogP contribution in [0.5, 0.6) is 0 Å². The van der Waals surface area contributed by atoms with Gasteiger partial charge in [-0.1, -0.05) is 0 Å². The van der Waals surface area contributed by atoms with Crippen LogP contribution in [-0.2, 0) is 22.3 Å². The molecular weight excluding hydrogens is 448 g/mol. The van der Waals surface area contributed by atoms with Gasteiger partial charge >= 0.3 is 148 Å². The molecule has 0 rings (SSSR count). The van der Waals surface area contributed by atoms with Gasteiger partial charge in [0, 0.05) is 0 Å². The average molecular weight is 458 g/mol. The summed E-state index contributed by atoms with van der Waals surface area (Å²) in [6.45, 7) is 0. The van der Waals surface area contributed by atoms with Crippen LogP contribution in [-0.4, -0.2) is 27.4 Å². The second kappa shape index (κ2) is 29.4. The minimum Gasteiger partial charge on any atom is -0.790 e. The van der Waals surface area contributed by atoms with E-state index in [1.54, 1.807) is 0 Å². The van der Waals surface area contributed by atoms with E-state index in [0.717, 1.165) is 0 Å². The van der Waals surface area contributed by atoms with Crippen molar-refractivity contribution in [1.82, 2.24) is 0 Å². The van der Waals surface area contributed by atoms with Gasteiger partial charge in [0.15, 0.2) is 0 Å². The summed E-state index contributed by atoms with van der Waals surface area (Å²) in [5.74, 6) is 0. The zero-order valence-corrected chi connectivity index (χ0v) is 25.6. The van der Waals surface area contributed by atoms with Crippen molar-refractivity contribution in [3.8, 4) is 0 Å². The monoisotopic (exact) mass is 458 g/mol. The fourth-order valence-electron chi connectivity index (χ4n) is 0.260. The first-order valence-electron chi connectivity index (χ1n) is 2.19. The number of phosphoric acid groups is 3. The van der Waals surface area contributed by atoms with Crippen LogP contribution in [0.1, 0.15) is 0 Å². The van der Waals surface area contributed by atoms with E-state index in [9.17, 15) is 38.2 Å². The second-order valence-electron chi connectivity index (χ2n) is 1.50. The van der Waals surface area contributed by atoms with Crippen LogP contribution >= 0.6 is 23.5 Å². The van der Waals surface area contributed by atoms with E-state index in [0.29, 0.717) is 0 Å². The Balaban J connectivity index is -0.0000000160. The number of hydrogen-bond donors (Lipinski definition) is 0. The standard InChI is InChI=1S/5Na.H5O10P3.5H2O/c;;;;;1-11(2,3)9-13(7,8)10-12(4,5)6;;;;;/h;;;;;(H,7,8)(H2,1,2,3)(H2,4,5,6);5*1H2/q5*+1;;;;;;/p-5. The summed E-state index contributed by atoms with van der Waals surface area (Å²) in [5.41, 5.74) is 0. The molecule has 23 heteroatoms. The van der Waals surface area contributed by atoms with Crippen LogP contribution in [0, 0.1) is 0 Å².